The Morgan fingerprint density at radius 1 is 0.969 bits per heavy atom. The molecule has 2 aliphatic rings. The van der Waals surface area contributed by atoms with Gasteiger partial charge in [0, 0.05) is 39.3 Å². The van der Waals surface area contributed by atoms with E-state index in [9.17, 15) is 9.59 Å². The summed E-state index contributed by atoms with van der Waals surface area (Å²) in [6.07, 6.45) is 3.32. The molecule has 166 valence electrons. The molecule has 3 aromatic rings. The second-order valence-electron chi connectivity index (χ2n) is 8.13. The van der Waals surface area contributed by atoms with Crippen LogP contribution in [0.25, 0.3) is 10.6 Å². The average Bonchev–Trinajstić information content (AvgIpc) is 3.58. The van der Waals surface area contributed by atoms with E-state index in [0.717, 1.165) is 35.8 Å². The van der Waals surface area contributed by atoms with Crippen molar-refractivity contribution in [3.63, 3.8) is 0 Å². The van der Waals surface area contributed by atoms with Gasteiger partial charge in [0.25, 0.3) is 5.91 Å². The molecule has 0 saturated carbocycles. The highest BCUT2D eigenvalue weighted by molar-refractivity contribution is 7.13. The fourth-order valence-corrected chi connectivity index (χ4v) is 5.07. The zero-order valence-electron chi connectivity index (χ0n) is 17.7. The summed E-state index contributed by atoms with van der Waals surface area (Å²) in [5, 5.41) is 10.8. The molecular weight excluding hydrogens is 426 g/mol. The molecule has 1 unspecified atom stereocenters. The minimum atomic E-state index is -0.115. The third-order valence-corrected chi connectivity index (χ3v) is 7.02. The highest BCUT2D eigenvalue weighted by Gasteiger charge is 2.33. The quantitative estimate of drug-likeness (QED) is 0.607. The number of thiophene rings is 1. The van der Waals surface area contributed by atoms with Gasteiger partial charge >= 0.3 is 0 Å². The molecule has 0 aromatic carbocycles. The van der Waals surface area contributed by atoms with Crippen LogP contribution in [0.4, 0.5) is 5.82 Å². The van der Waals surface area contributed by atoms with E-state index >= 15 is 0 Å². The minimum Gasteiger partial charge on any atom is -0.459 e. The van der Waals surface area contributed by atoms with Gasteiger partial charge in [-0.2, -0.15) is 0 Å². The molecule has 0 spiro atoms. The second-order valence-corrected chi connectivity index (χ2v) is 9.08. The van der Waals surface area contributed by atoms with Crippen LogP contribution in [0.3, 0.4) is 0 Å². The highest BCUT2D eigenvalue weighted by Crippen LogP contribution is 2.26. The lowest BCUT2D eigenvalue weighted by Gasteiger charge is -2.39. The Kier molecular flexibility index (Phi) is 5.89. The van der Waals surface area contributed by atoms with E-state index in [1.54, 1.807) is 28.4 Å². The summed E-state index contributed by atoms with van der Waals surface area (Å²) in [7, 11) is 0. The van der Waals surface area contributed by atoms with Crippen molar-refractivity contribution in [1.82, 2.24) is 20.0 Å². The van der Waals surface area contributed by atoms with Crippen LogP contribution in [-0.2, 0) is 4.79 Å². The van der Waals surface area contributed by atoms with Crippen molar-refractivity contribution in [3.8, 4) is 10.6 Å². The van der Waals surface area contributed by atoms with Gasteiger partial charge in [0.15, 0.2) is 11.6 Å². The molecule has 5 rings (SSSR count). The number of carbonyl (C=O) groups excluding carboxylic acids is 2. The summed E-state index contributed by atoms with van der Waals surface area (Å²) >= 11 is 1.64. The Morgan fingerprint density at radius 2 is 1.81 bits per heavy atom. The molecule has 0 radical (unpaired) electrons. The third-order valence-electron chi connectivity index (χ3n) is 6.13. The van der Waals surface area contributed by atoms with Crippen LogP contribution in [0.5, 0.6) is 0 Å². The number of amides is 2. The lowest BCUT2D eigenvalue weighted by atomic mass is 9.96. The Morgan fingerprint density at radius 3 is 2.50 bits per heavy atom. The van der Waals surface area contributed by atoms with Crippen LogP contribution < -0.4 is 4.90 Å². The van der Waals surface area contributed by atoms with Crippen LogP contribution >= 0.6 is 11.3 Å². The van der Waals surface area contributed by atoms with E-state index in [1.165, 1.54) is 6.26 Å². The van der Waals surface area contributed by atoms with Gasteiger partial charge in [-0.1, -0.05) is 6.07 Å². The van der Waals surface area contributed by atoms with Crippen molar-refractivity contribution in [2.24, 2.45) is 5.92 Å². The van der Waals surface area contributed by atoms with Crippen molar-refractivity contribution >= 4 is 29.0 Å². The molecule has 5 heterocycles. The van der Waals surface area contributed by atoms with Crippen molar-refractivity contribution in [2.45, 2.75) is 12.8 Å². The fourth-order valence-electron chi connectivity index (χ4n) is 4.38. The summed E-state index contributed by atoms with van der Waals surface area (Å²) in [5.41, 5.74) is 0.871. The smallest absolute Gasteiger partial charge is 0.289 e. The van der Waals surface area contributed by atoms with E-state index in [4.69, 9.17) is 4.42 Å². The molecule has 2 amide bonds. The first-order valence-corrected chi connectivity index (χ1v) is 11.8. The van der Waals surface area contributed by atoms with Crippen LogP contribution in [0.2, 0.25) is 0 Å². The standard InChI is InChI=1S/C23H25N5O3S/c29-22(26-10-12-27(13-11-26)23(30)19-5-2-14-31-19)17-4-1-9-28(16-17)21-8-7-18(24-25-21)20-6-3-15-32-20/h2-3,5-8,14-15,17H,1,4,9-13,16H2. The normalized spacial score (nSPS) is 19.2. The lowest BCUT2D eigenvalue weighted by Crippen LogP contribution is -2.53. The molecule has 0 N–H and O–H groups in total. The average molecular weight is 452 g/mol. The summed E-state index contributed by atoms with van der Waals surface area (Å²) < 4.78 is 5.21. The number of anilines is 1. The first kappa shape index (κ1) is 20.7. The van der Waals surface area contributed by atoms with Gasteiger partial charge in [-0.05, 0) is 48.6 Å². The lowest BCUT2D eigenvalue weighted by molar-refractivity contribution is -0.137. The van der Waals surface area contributed by atoms with Crippen LogP contribution in [-0.4, -0.2) is 71.1 Å². The number of hydrogen-bond donors (Lipinski definition) is 0. The number of hydrogen-bond acceptors (Lipinski definition) is 7. The summed E-state index contributed by atoms with van der Waals surface area (Å²) in [6.45, 7) is 3.68. The van der Waals surface area contributed by atoms with E-state index in [1.807, 2.05) is 34.5 Å². The highest BCUT2D eigenvalue weighted by atomic mass is 32.1. The summed E-state index contributed by atoms with van der Waals surface area (Å²) in [4.78, 5) is 32.5. The predicted molar refractivity (Wildman–Crippen MR) is 121 cm³/mol. The van der Waals surface area contributed by atoms with E-state index < -0.39 is 0 Å². The van der Waals surface area contributed by atoms with Crippen molar-refractivity contribution in [3.05, 3.63) is 53.8 Å². The molecular formula is C23H25N5O3S. The van der Waals surface area contributed by atoms with Gasteiger partial charge in [-0.15, -0.1) is 21.5 Å². The molecule has 0 bridgehead atoms. The molecule has 0 aliphatic carbocycles. The Hall–Kier alpha value is -3.20. The number of nitrogens with zero attached hydrogens (tertiary/aromatic N) is 5. The third kappa shape index (κ3) is 4.25. The Bertz CT molecular complexity index is 1040. The van der Waals surface area contributed by atoms with E-state index in [0.29, 0.717) is 38.5 Å². The number of piperidine rings is 1. The Balaban J connectivity index is 1.18. The molecule has 32 heavy (non-hydrogen) atoms. The molecule has 9 heteroatoms. The zero-order valence-corrected chi connectivity index (χ0v) is 18.5. The maximum absolute atomic E-state index is 13.2. The number of rotatable bonds is 4. The maximum atomic E-state index is 13.2. The van der Waals surface area contributed by atoms with Crippen LogP contribution in [0.1, 0.15) is 23.4 Å². The largest absolute Gasteiger partial charge is 0.459 e. The summed E-state index contributed by atoms with van der Waals surface area (Å²) in [6, 6.07) is 11.4. The fraction of sp³-hybridized carbons (Fsp3) is 0.391. The SMILES string of the molecule is O=C(c1ccco1)N1CCN(C(=O)C2CCCN(c3ccc(-c4cccs4)nn3)C2)CC1. The molecule has 2 fully saturated rings. The van der Waals surface area contributed by atoms with Crippen LogP contribution in [0.15, 0.2) is 52.5 Å². The number of carbonyl (C=O) groups is 2. The van der Waals surface area contributed by atoms with Gasteiger partial charge in [0.1, 0.15) is 5.69 Å². The monoisotopic (exact) mass is 451 g/mol. The molecule has 1 atom stereocenters. The van der Waals surface area contributed by atoms with Gasteiger partial charge in [-0.25, -0.2) is 0 Å². The second kappa shape index (κ2) is 9.12. The van der Waals surface area contributed by atoms with E-state index in [-0.39, 0.29) is 17.7 Å². The van der Waals surface area contributed by atoms with E-state index in [2.05, 4.69) is 15.1 Å². The summed E-state index contributed by atoms with van der Waals surface area (Å²) in [5.74, 6) is 1.16. The maximum Gasteiger partial charge on any atom is 0.289 e. The van der Waals surface area contributed by atoms with Crippen molar-refractivity contribution in [2.75, 3.05) is 44.2 Å². The first-order valence-electron chi connectivity index (χ1n) is 10.9. The van der Waals surface area contributed by atoms with Crippen molar-refractivity contribution in [1.29, 1.82) is 0 Å². The molecule has 8 nitrogen and oxygen atoms in total. The molecule has 3 aromatic heterocycles. The predicted octanol–water partition coefficient (Wildman–Crippen LogP) is 3.00. The zero-order chi connectivity index (χ0) is 21.9. The van der Waals surface area contributed by atoms with Crippen molar-refractivity contribution < 1.29 is 14.0 Å². The van der Waals surface area contributed by atoms with Gasteiger partial charge in [-0.3, -0.25) is 9.59 Å². The van der Waals surface area contributed by atoms with Gasteiger partial charge in [0.05, 0.1) is 17.1 Å². The van der Waals surface area contributed by atoms with Gasteiger partial charge < -0.3 is 19.1 Å². The minimum absolute atomic E-state index is 0.0603. The number of furan rings is 1. The van der Waals surface area contributed by atoms with Gasteiger partial charge in [0.2, 0.25) is 5.91 Å². The first-order chi connectivity index (χ1) is 15.7. The Labute approximate surface area is 190 Å². The van der Waals surface area contributed by atoms with Crippen LogP contribution in [0, 0.1) is 5.92 Å². The number of piperazine rings is 1. The molecule has 2 aliphatic heterocycles. The molecule has 2 saturated heterocycles. The number of aromatic nitrogens is 2. The topological polar surface area (TPSA) is 82.8 Å².